The minimum atomic E-state index is 1.04. The summed E-state index contributed by atoms with van der Waals surface area (Å²) in [5.74, 6) is 0. The van der Waals surface area contributed by atoms with Gasteiger partial charge >= 0.3 is 0 Å². The molecule has 0 amide bonds. The van der Waals surface area contributed by atoms with E-state index < -0.39 is 0 Å². The van der Waals surface area contributed by atoms with Crippen LogP contribution in [0.1, 0.15) is 17.0 Å². The van der Waals surface area contributed by atoms with Gasteiger partial charge in [-0.2, -0.15) is 4.37 Å². The highest BCUT2D eigenvalue weighted by Crippen LogP contribution is 2.34. The van der Waals surface area contributed by atoms with Crippen LogP contribution in [-0.2, 0) is 0 Å². The predicted octanol–water partition coefficient (Wildman–Crippen LogP) is 3.89. The summed E-state index contributed by atoms with van der Waals surface area (Å²) in [6.45, 7) is 6.10. The quantitative estimate of drug-likeness (QED) is 0.793. The maximum Gasteiger partial charge on any atom is 0.0710 e. The van der Waals surface area contributed by atoms with E-state index in [1.165, 1.54) is 17.1 Å². The van der Waals surface area contributed by atoms with Crippen LogP contribution in [0, 0.1) is 20.8 Å². The standard InChI is InChI=1S/C11H11BrN2S/c1-6-4-9(5-13-7(6)2)11-10(12)8(3)14-15-11/h4-5H,1-3H3. The van der Waals surface area contributed by atoms with Gasteiger partial charge in [0.15, 0.2) is 0 Å². The van der Waals surface area contributed by atoms with E-state index in [4.69, 9.17) is 0 Å². The summed E-state index contributed by atoms with van der Waals surface area (Å²) < 4.78 is 5.39. The van der Waals surface area contributed by atoms with Crippen molar-refractivity contribution in [3.8, 4) is 10.4 Å². The molecule has 0 N–H and O–H groups in total. The van der Waals surface area contributed by atoms with E-state index in [1.807, 2.05) is 20.0 Å². The summed E-state index contributed by atoms with van der Waals surface area (Å²) in [5, 5.41) is 0. The lowest BCUT2D eigenvalue weighted by Crippen LogP contribution is -1.87. The Kier molecular flexibility index (Phi) is 2.89. The van der Waals surface area contributed by atoms with Crippen LogP contribution in [0.25, 0.3) is 10.4 Å². The van der Waals surface area contributed by atoms with Gasteiger partial charge in [-0.05, 0) is 59.9 Å². The van der Waals surface area contributed by atoms with E-state index in [9.17, 15) is 0 Å². The molecular formula is C11H11BrN2S. The second-order valence-electron chi connectivity index (χ2n) is 3.54. The Hall–Kier alpha value is -0.740. The number of hydrogen-bond donors (Lipinski definition) is 0. The number of nitrogens with zero attached hydrogens (tertiary/aromatic N) is 2. The van der Waals surface area contributed by atoms with E-state index in [2.05, 4.69) is 38.3 Å². The maximum absolute atomic E-state index is 4.36. The molecule has 2 aromatic rings. The van der Waals surface area contributed by atoms with Crippen molar-refractivity contribution in [2.24, 2.45) is 0 Å². The van der Waals surface area contributed by atoms with Crippen molar-refractivity contribution in [1.82, 2.24) is 9.36 Å². The topological polar surface area (TPSA) is 25.8 Å². The van der Waals surface area contributed by atoms with Crippen LogP contribution < -0.4 is 0 Å². The second kappa shape index (κ2) is 4.02. The third-order valence-corrected chi connectivity index (χ3v) is 4.61. The maximum atomic E-state index is 4.36. The van der Waals surface area contributed by atoms with Crippen molar-refractivity contribution in [2.45, 2.75) is 20.8 Å². The van der Waals surface area contributed by atoms with Gasteiger partial charge in [0.2, 0.25) is 0 Å². The molecule has 0 aliphatic heterocycles. The fourth-order valence-corrected chi connectivity index (χ4v) is 2.72. The second-order valence-corrected chi connectivity index (χ2v) is 5.10. The van der Waals surface area contributed by atoms with Crippen LogP contribution in [0.5, 0.6) is 0 Å². The van der Waals surface area contributed by atoms with Crippen molar-refractivity contribution >= 4 is 27.5 Å². The number of halogens is 1. The lowest BCUT2D eigenvalue weighted by Gasteiger charge is -2.02. The Morgan fingerprint density at radius 3 is 2.47 bits per heavy atom. The summed E-state index contributed by atoms with van der Waals surface area (Å²) in [6, 6.07) is 2.15. The average Bonchev–Trinajstić information content (AvgIpc) is 2.53. The minimum absolute atomic E-state index is 1.04. The Bertz CT molecular complexity index is 505. The van der Waals surface area contributed by atoms with E-state index in [0.717, 1.165) is 26.3 Å². The first-order valence-corrected chi connectivity index (χ1v) is 6.21. The van der Waals surface area contributed by atoms with Crippen LogP contribution in [0.2, 0.25) is 0 Å². The van der Waals surface area contributed by atoms with Crippen LogP contribution >= 0.6 is 27.5 Å². The molecule has 0 fully saturated rings. The normalized spacial score (nSPS) is 10.7. The molecule has 0 saturated heterocycles. The smallest absolute Gasteiger partial charge is 0.0710 e. The average molecular weight is 283 g/mol. The van der Waals surface area contributed by atoms with Gasteiger partial charge in [0.05, 0.1) is 15.0 Å². The van der Waals surface area contributed by atoms with Crippen molar-refractivity contribution < 1.29 is 0 Å². The molecule has 2 rings (SSSR count). The molecule has 0 radical (unpaired) electrons. The molecule has 0 atom stereocenters. The summed E-state index contributed by atoms with van der Waals surface area (Å²) in [7, 11) is 0. The molecule has 78 valence electrons. The molecule has 4 heteroatoms. The summed E-state index contributed by atoms with van der Waals surface area (Å²) in [5.41, 5.74) is 4.46. The van der Waals surface area contributed by atoms with Crippen molar-refractivity contribution in [3.05, 3.63) is 33.7 Å². The highest BCUT2D eigenvalue weighted by molar-refractivity contribution is 9.10. The summed E-state index contributed by atoms with van der Waals surface area (Å²) in [6.07, 6.45) is 1.90. The molecule has 0 spiro atoms. The van der Waals surface area contributed by atoms with Gasteiger partial charge in [-0.3, -0.25) is 4.98 Å². The SMILES string of the molecule is Cc1cc(-c2snc(C)c2Br)cnc1C. The Labute approximate surface area is 102 Å². The molecule has 0 saturated carbocycles. The zero-order valence-corrected chi connectivity index (χ0v) is 11.2. The first-order chi connectivity index (χ1) is 7.09. The molecule has 15 heavy (non-hydrogen) atoms. The first-order valence-electron chi connectivity index (χ1n) is 4.65. The monoisotopic (exact) mass is 282 g/mol. The molecule has 0 unspecified atom stereocenters. The van der Waals surface area contributed by atoms with E-state index in [1.54, 1.807) is 0 Å². The highest BCUT2D eigenvalue weighted by atomic mass is 79.9. The highest BCUT2D eigenvalue weighted by Gasteiger charge is 2.10. The first kappa shape index (κ1) is 10.8. The van der Waals surface area contributed by atoms with Crippen molar-refractivity contribution in [3.63, 3.8) is 0 Å². The van der Waals surface area contributed by atoms with E-state index in [-0.39, 0.29) is 0 Å². The van der Waals surface area contributed by atoms with Gasteiger partial charge in [0, 0.05) is 17.5 Å². The number of aryl methyl sites for hydroxylation is 3. The zero-order chi connectivity index (χ0) is 11.0. The fourth-order valence-electron chi connectivity index (χ4n) is 1.31. The Balaban J connectivity index is 2.55. The molecule has 2 aromatic heterocycles. The Morgan fingerprint density at radius 1 is 1.20 bits per heavy atom. The molecular weight excluding hydrogens is 272 g/mol. The molecule has 0 bridgehead atoms. The van der Waals surface area contributed by atoms with Crippen LogP contribution in [0.15, 0.2) is 16.7 Å². The number of pyridine rings is 1. The van der Waals surface area contributed by atoms with Crippen LogP contribution in [0.4, 0.5) is 0 Å². The van der Waals surface area contributed by atoms with Gasteiger partial charge in [0.1, 0.15) is 0 Å². The van der Waals surface area contributed by atoms with Gasteiger partial charge < -0.3 is 0 Å². The lowest BCUT2D eigenvalue weighted by atomic mass is 10.1. The molecule has 2 nitrogen and oxygen atoms in total. The number of rotatable bonds is 1. The van der Waals surface area contributed by atoms with Gasteiger partial charge in [-0.1, -0.05) is 0 Å². The minimum Gasteiger partial charge on any atom is -0.261 e. The number of hydrogen-bond acceptors (Lipinski definition) is 3. The third-order valence-electron chi connectivity index (χ3n) is 2.39. The molecule has 0 aliphatic rings. The summed E-state index contributed by atoms with van der Waals surface area (Å²) >= 11 is 5.06. The van der Waals surface area contributed by atoms with E-state index in [0.29, 0.717) is 0 Å². The van der Waals surface area contributed by atoms with Gasteiger partial charge in [-0.15, -0.1) is 0 Å². The van der Waals surface area contributed by atoms with Crippen molar-refractivity contribution in [2.75, 3.05) is 0 Å². The van der Waals surface area contributed by atoms with Crippen molar-refractivity contribution in [1.29, 1.82) is 0 Å². The molecule has 0 aliphatic carbocycles. The Morgan fingerprint density at radius 2 is 1.93 bits per heavy atom. The van der Waals surface area contributed by atoms with Gasteiger partial charge in [-0.25, -0.2) is 0 Å². The third kappa shape index (κ3) is 1.96. The zero-order valence-electron chi connectivity index (χ0n) is 8.84. The largest absolute Gasteiger partial charge is 0.261 e. The van der Waals surface area contributed by atoms with Crippen LogP contribution in [0.3, 0.4) is 0 Å². The lowest BCUT2D eigenvalue weighted by molar-refractivity contribution is 1.15. The predicted molar refractivity (Wildman–Crippen MR) is 67.3 cm³/mol. The van der Waals surface area contributed by atoms with Gasteiger partial charge in [0.25, 0.3) is 0 Å². The van der Waals surface area contributed by atoms with E-state index >= 15 is 0 Å². The number of aromatic nitrogens is 2. The fraction of sp³-hybridized carbons (Fsp3) is 0.273. The molecule has 0 aromatic carbocycles. The molecule has 2 heterocycles. The van der Waals surface area contributed by atoms with Crippen LogP contribution in [-0.4, -0.2) is 9.36 Å². The summed E-state index contributed by atoms with van der Waals surface area (Å²) in [4.78, 5) is 5.52.